The molecule has 0 saturated carbocycles. The predicted molar refractivity (Wildman–Crippen MR) is 80.2 cm³/mol. The average molecular weight is 272 g/mol. The maximum absolute atomic E-state index is 13.2. The zero-order valence-electron chi connectivity index (χ0n) is 12.3. The number of hydrogen-bond donors (Lipinski definition) is 1. The molecule has 1 heterocycles. The van der Waals surface area contributed by atoms with Crippen molar-refractivity contribution in [2.75, 3.05) is 6.54 Å². The minimum absolute atomic E-state index is 0.177. The van der Waals surface area contributed by atoms with Crippen LogP contribution in [0.5, 0.6) is 0 Å². The van der Waals surface area contributed by atoms with Crippen LogP contribution in [0.2, 0.25) is 0 Å². The van der Waals surface area contributed by atoms with Crippen molar-refractivity contribution < 1.29 is 4.39 Å². The van der Waals surface area contributed by atoms with Gasteiger partial charge in [-0.15, -0.1) is 0 Å². The molecule has 20 heavy (non-hydrogen) atoms. The fourth-order valence-electron chi connectivity index (χ4n) is 2.49. The first-order valence-corrected chi connectivity index (χ1v) is 7.00. The Balaban J connectivity index is 2.28. The molecule has 1 N–H and O–H groups in total. The number of aromatic nitrogens is 1. The summed E-state index contributed by atoms with van der Waals surface area (Å²) in [6, 6.07) is 7.23. The highest BCUT2D eigenvalue weighted by molar-refractivity contribution is 5.31. The Morgan fingerprint density at radius 3 is 2.65 bits per heavy atom. The van der Waals surface area contributed by atoms with Crippen LogP contribution in [0.4, 0.5) is 4.39 Å². The van der Waals surface area contributed by atoms with Crippen LogP contribution in [0.3, 0.4) is 0 Å². The Bertz CT molecular complexity index is 581. The summed E-state index contributed by atoms with van der Waals surface area (Å²) in [5.41, 5.74) is 4.60. The van der Waals surface area contributed by atoms with Crippen LogP contribution >= 0.6 is 0 Å². The largest absolute Gasteiger partial charge is 0.310 e. The van der Waals surface area contributed by atoms with Crippen molar-refractivity contribution in [3.63, 3.8) is 0 Å². The van der Waals surface area contributed by atoms with E-state index in [1.807, 2.05) is 31.5 Å². The van der Waals surface area contributed by atoms with E-state index in [2.05, 4.69) is 24.1 Å². The lowest BCUT2D eigenvalue weighted by atomic mass is 9.94. The first-order chi connectivity index (χ1) is 9.61. The molecule has 3 heteroatoms. The number of rotatable bonds is 5. The van der Waals surface area contributed by atoms with Gasteiger partial charge < -0.3 is 5.32 Å². The Morgan fingerprint density at radius 1 is 1.20 bits per heavy atom. The second kappa shape index (κ2) is 6.62. The van der Waals surface area contributed by atoms with Crippen molar-refractivity contribution >= 4 is 0 Å². The molecule has 2 aromatic rings. The average Bonchev–Trinajstić information content (AvgIpc) is 2.42. The van der Waals surface area contributed by atoms with Crippen LogP contribution < -0.4 is 5.32 Å². The standard InChI is InChI=1S/C17H21FN2/c1-4-20-17(16-11-19-8-7-12(16)2)10-14-5-6-15(18)9-13(14)3/h5-9,11,17,20H,4,10H2,1-3H3. The van der Waals surface area contributed by atoms with Crippen LogP contribution in [-0.4, -0.2) is 11.5 Å². The van der Waals surface area contributed by atoms with E-state index in [4.69, 9.17) is 0 Å². The second-order valence-electron chi connectivity index (χ2n) is 5.12. The summed E-state index contributed by atoms with van der Waals surface area (Å²) < 4.78 is 13.2. The van der Waals surface area contributed by atoms with Gasteiger partial charge in [0.2, 0.25) is 0 Å². The van der Waals surface area contributed by atoms with Crippen molar-refractivity contribution in [1.82, 2.24) is 10.3 Å². The number of halogens is 1. The highest BCUT2D eigenvalue weighted by Crippen LogP contribution is 2.23. The monoisotopic (exact) mass is 272 g/mol. The van der Waals surface area contributed by atoms with Gasteiger partial charge in [0.1, 0.15) is 5.82 Å². The summed E-state index contributed by atoms with van der Waals surface area (Å²) in [5.74, 6) is -0.177. The molecule has 1 atom stereocenters. The molecule has 2 rings (SSSR count). The van der Waals surface area contributed by atoms with Crippen molar-refractivity contribution in [1.29, 1.82) is 0 Å². The molecule has 0 spiro atoms. The van der Waals surface area contributed by atoms with Crippen molar-refractivity contribution in [3.05, 3.63) is 64.7 Å². The molecule has 0 aliphatic carbocycles. The SMILES string of the molecule is CCNC(Cc1ccc(F)cc1C)c1cnccc1C. The molecule has 0 aliphatic rings. The van der Waals surface area contributed by atoms with Gasteiger partial charge >= 0.3 is 0 Å². The second-order valence-corrected chi connectivity index (χ2v) is 5.12. The van der Waals surface area contributed by atoms with Crippen LogP contribution in [0.25, 0.3) is 0 Å². The molecule has 2 nitrogen and oxygen atoms in total. The molecule has 0 fully saturated rings. The van der Waals surface area contributed by atoms with E-state index in [-0.39, 0.29) is 11.9 Å². The van der Waals surface area contributed by atoms with Crippen molar-refractivity contribution in [3.8, 4) is 0 Å². The highest BCUT2D eigenvalue weighted by Gasteiger charge is 2.15. The summed E-state index contributed by atoms with van der Waals surface area (Å²) >= 11 is 0. The van der Waals surface area contributed by atoms with E-state index in [1.165, 1.54) is 22.8 Å². The molecule has 0 saturated heterocycles. The summed E-state index contributed by atoms with van der Waals surface area (Å²) in [5, 5.41) is 3.50. The zero-order valence-corrected chi connectivity index (χ0v) is 12.3. The smallest absolute Gasteiger partial charge is 0.123 e. The number of aryl methyl sites for hydroxylation is 2. The number of pyridine rings is 1. The maximum Gasteiger partial charge on any atom is 0.123 e. The maximum atomic E-state index is 13.2. The summed E-state index contributed by atoms with van der Waals surface area (Å²) in [4.78, 5) is 4.23. The lowest BCUT2D eigenvalue weighted by Crippen LogP contribution is -2.24. The third-order valence-electron chi connectivity index (χ3n) is 3.63. The fraction of sp³-hybridized carbons (Fsp3) is 0.353. The van der Waals surface area contributed by atoms with Crippen LogP contribution in [0, 0.1) is 19.7 Å². The van der Waals surface area contributed by atoms with Crippen molar-refractivity contribution in [2.45, 2.75) is 33.2 Å². The Hall–Kier alpha value is -1.74. The Morgan fingerprint density at radius 2 is 2.00 bits per heavy atom. The molecule has 0 aliphatic heterocycles. The van der Waals surface area contributed by atoms with Gasteiger partial charge in [0.25, 0.3) is 0 Å². The van der Waals surface area contributed by atoms with E-state index in [9.17, 15) is 4.39 Å². The van der Waals surface area contributed by atoms with E-state index < -0.39 is 0 Å². The first kappa shape index (κ1) is 14.7. The lowest BCUT2D eigenvalue weighted by Gasteiger charge is -2.21. The van der Waals surface area contributed by atoms with Gasteiger partial charge in [-0.2, -0.15) is 0 Å². The van der Waals surface area contributed by atoms with Gasteiger partial charge in [-0.3, -0.25) is 4.98 Å². The lowest BCUT2D eigenvalue weighted by molar-refractivity contribution is 0.543. The summed E-state index contributed by atoms with van der Waals surface area (Å²) in [6.07, 6.45) is 4.57. The molecular weight excluding hydrogens is 251 g/mol. The van der Waals surface area contributed by atoms with Gasteiger partial charge in [-0.05, 0) is 67.3 Å². The Kier molecular flexibility index (Phi) is 4.85. The number of nitrogens with one attached hydrogen (secondary N) is 1. The Labute approximate surface area is 120 Å². The molecule has 1 aromatic heterocycles. The number of likely N-dealkylation sites (N-methyl/N-ethyl adjacent to an activating group) is 1. The molecule has 0 amide bonds. The van der Waals surface area contributed by atoms with Crippen molar-refractivity contribution in [2.24, 2.45) is 0 Å². The van der Waals surface area contributed by atoms with Crippen LogP contribution in [0.1, 0.15) is 35.2 Å². The minimum atomic E-state index is -0.177. The molecule has 1 aromatic carbocycles. The fourth-order valence-corrected chi connectivity index (χ4v) is 2.49. The minimum Gasteiger partial charge on any atom is -0.310 e. The zero-order chi connectivity index (χ0) is 14.5. The summed E-state index contributed by atoms with van der Waals surface area (Å²) in [6.45, 7) is 7.03. The molecular formula is C17H21FN2. The van der Waals surface area contributed by atoms with Gasteiger partial charge in [0.15, 0.2) is 0 Å². The van der Waals surface area contributed by atoms with Gasteiger partial charge in [-0.1, -0.05) is 13.0 Å². The molecule has 0 bridgehead atoms. The number of hydrogen-bond acceptors (Lipinski definition) is 2. The van der Waals surface area contributed by atoms with Crippen LogP contribution in [-0.2, 0) is 6.42 Å². The van der Waals surface area contributed by atoms with Gasteiger partial charge in [0.05, 0.1) is 0 Å². The highest BCUT2D eigenvalue weighted by atomic mass is 19.1. The van der Waals surface area contributed by atoms with Gasteiger partial charge in [-0.25, -0.2) is 4.39 Å². The quantitative estimate of drug-likeness (QED) is 0.897. The third kappa shape index (κ3) is 3.42. The molecule has 106 valence electrons. The molecule has 0 radical (unpaired) electrons. The van der Waals surface area contributed by atoms with Gasteiger partial charge in [0, 0.05) is 18.4 Å². The first-order valence-electron chi connectivity index (χ1n) is 7.00. The topological polar surface area (TPSA) is 24.9 Å². The van der Waals surface area contributed by atoms with E-state index in [0.717, 1.165) is 18.5 Å². The predicted octanol–water partition coefficient (Wildman–Crippen LogP) is 3.73. The van der Waals surface area contributed by atoms with E-state index in [1.54, 1.807) is 6.07 Å². The third-order valence-corrected chi connectivity index (χ3v) is 3.63. The normalized spacial score (nSPS) is 12.4. The molecule has 1 unspecified atom stereocenters. The number of nitrogens with zero attached hydrogens (tertiary/aromatic N) is 1. The van der Waals surface area contributed by atoms with E-state index >= 15 is 0 Å². The van der Waals surface area contributed by atoms with E-state index in [0.29, 0.717) is 0 Å². The van der Waals surface area contributed by atoms with Crippen LogP contribution in [0.15, 0.2) is 36.7 Å². The number of benzene rings is 1. The summed E-state index contributed by atoms with van der Waals surface area (Å²) in [7, 11) is 0.